The van der Waals surface area contributed by atoms with E-state index in [1.54, 1.807) is 0 Å². The van der Waals surface area contributed by atoms with Crippen molar-refractivity contribution in [2.24, 2.45) is 0 Å². The largest absolute Gasteiger partial charge is 0.490 e. The Morgan fingerprint density at radius 1 is 0.889 bits per heavy atom. The minimum Gasteiger partial charge on any atom is -0.476 e. The molecule has 0 fully saturated rings. The van der Waals surface area contributed by atoms with Crippen LogP contribution in [0.1, 0.15) is 97.9 Å². The molecule has 1 aromatic heterocycles. The van der Waals surface area contributed by atoms with Crippen LogP contribution in [0.5, 0.6) is 0 Å². The van der Waals surface area contributed by atoms with E-state index in [9.17, 15) is 22.8 Å². The second kappa shape index (κ2) is 10.9. The summed E-state index contributed by atoms with van der Waals surface area (Å²) in [4.78, 5) is 25.6. The smallest absolute Gasteiger partial charge is 0.476 e. The minimum atomic E-state index is -5.04. The topological polar surface area (TPSA) is 92.4 Å². The van der Waals surface area contributed by atoms with Crippen molar-refractivity contribution in [1.29, 1.82) is 0 Å². The Bertz CT molecular complexity index is 627. The van der Waals surface area contributed by atoms with Crippen molar-refractivity contribution in [3.8, 4) is 0 Å². The Morgan fingerprint density at radius 3 is 1.78 bits per heavy atom. The van der Waals surface area contributed by atoms with E-state index in [1.807, 2.05) is 0 Å². The van der Waals surface area contributed by atoms with Crippen LogP contribution in [0.15, 0.2) is 0 Å². The van der Waals surface area contributed by atoms with E-state index < -0.39 is 40.0 Å². The van der Waals surface area contributed by atoms with Gasteiger partial charge in [-0.1, -0.05) is 64.7 Å². The van der Waals surface area contributed by atoms with Crippen LogP contribution in [0.2, 0.25) is 0 Å². The number of carbonyl (C=O) groups is 2. The molecule has 1 heterocycles. The third kappa shape index (κ3) is 7.22. The van der Waals surface area contributed by atoms with Gasteiger partial charge in [0, 0.05) is 6.42 Å². The molecule has 0 unspecified atom stereocenters. The molecule has 0 aromatic carbocycles. The molecule has 1 aromatic rings. The fraction of sp³-hybridized carbons (Fsp3) is 0.722. The third-order valence-corrected chi connectivity index (χ3v) is 4.36. The van der Waals surface area contributed by atoms with Crippen LogP contribution in [-0.2, 0) is 12.7 Å². The SMILES string of the molecule is CCCCCCCCCCCCc1nc(C(=O)O)c(C(=O)O)n1C(F)(F)F. The molecule has 0 aliphatic heterocycles. The maximum absolute atomic E-state index is 13.2. The fourth-order valence-electron chi connectivity index (χ4n) is 3.02. The molecule has 6 nitrogen and oxygen atoms in total. The molecule has 154 valence electrons. The first-order valence-corrected chi connectivity index (χ1v) is 9.35. The van der Waals surface area contributed by atoms with Crippen LogP contribution < -0.4 is 0 Å². The van der Waals surface area contributed by atoms with Crippen molar-refractivity contribution >= 4 is 11.9 Å². The number of aryl methyl sites for hydroxylation is 1. The third-order valence-electron chi connectivity index (χ3n) is 4.36. The molecule has 0 aliphatic rings. The average molecular weight is 392 g/mol. The summed E-state index contributed by atoms with van der Waals surface area (Å²) in [6, 6.07) is 0. The molecule has 0 atom stereocenters. The molecule has 1 rings (SSSR count). The Balaban J connectivity index is 2.59. The monoisotopic (exact) mass is 392 g/mol. The van der Waals surface area contributed by atoms with Crippen molar-refractivity contribution in [3.63, 3.8) is 0 Å². The molecule has 0 saturated heterocycles. The number of hydrogen-bond acceptors (Lipinski definition) is 3. The zero-order valence-corrected chi connectivity index (χ0v) is 15.5. The van der Waals surface area contributed by atoms with E-state index >= 15 is 0 Å². The van der Waals surface area contributed by atoms with Gasteiger partial charge in [-0.2, -0.15) is 0 Å². The zero-order chi connectivity index (χ0) is 20.4. The molecule has 0 amide bonds. The van der Waals surface area contributed by atoms with Crippen LogP contribution in [0.25, 0.3) is 0 Å². The second-order valence-electron chi connectivity index (χ2n) is 6.57. The number of carboxylic acids is 2. The van der Waals surface area contributed by atoms with Gasteiger partial charge < -0.3 is 10.2 Å². The highest BCUT2D eigenvalue weighted by Gasteiger charge is 2.41. The summed E-state index contributed by atoms with van der Waals surface area (Å²) in [6.07, 6.45) is 4.90. The van der Waals surface area contributed by atoms with Crippen molar-refractivity contribution in [1.82, 2.24) is 9.55 Å². The van der Waals surface area contributed by atoms with Crippen LogP contribution in [-0.4, -0.2) is 31.7 Å². The molecular weight excluding hydrogens is 365 g/mol. The number of hydrogen-bond donors (Lipinski definition) is 2. The molecule has 9 heteroatoms. The number of rotatable bonds is 13. The summed E-state index contributed by atoms with van der Waals surface area (Å²) in [5, 5.41) is 18.0. The maximum atomic E-state index is 13.2. The Morgan fingerprint density at radius 2 is 1.37 bits per heavy atom. The van der Waals surface area contributed by atoms with Crippen LogP contribution in [0.3, 0.4) is 0 Å². The Hall–Kier alpha value is -2.06. The second-order valence-corrected chi connectivity index (χ2v) is 6.57. The van der Waals surface area contributed by atoms with E-state index in [0.717, 1.165) is 25.7 Å². The fourth-order valence-corrected chi connectivity index (χ4v) is 3.02. The molecule has 27 heavy (non-hydrogen) atoms. The van der Waals surface area contributed by atoms with Gasteiger partial charge in [0.25, 0.3) is 0 Å². The first kappa shape index (κ1) is 23.0. The lowest BCUT2D eigenvalue weighted by atomic mass is 10.1. The van der Waals surface area contributed by atoms with E-state index in [2.05, 4.69) is 11.9 Å². The van der Waals surface area contributed by atoms with Gasteiger partial charge in [0.15, 0.2) is 11.4 Å². The average Bonchev–Trinajstić information content (AvgIpc) is 2.97. The van der Waals surface area contributed by atoms with Crippen molar-refractivity contribution in [3.05, 3.63) is 17.2 Å². The molecule has 0 bridgehead atoms. The number of halogens is 3. The number of alkyl halides is 3. The molecule has 0 saturated carbocycles. The highest BCUT2D eigenvalue weighted by atomic mass is 19.4. The summed E-state index contributed by atoms with van der Waals surface area (Å²) < 4.78 is 39.2. The minimum absolute atomic E-state index is 0.121. The summed E-state index contributed by atoms with van der Waals surface area (Å²) in [5.74, 6) is -4.33. The van der Waals surface area contributed by atoms with Gasteiger partial charge in [-0.25, -0.2) is 19.1 Å². The number of aromatic carboxylic acids is 2. The predicted molar refractivity (Wildman–Crippen MR) is 93.0 cm³/mol. The van der Waals surface area contributed by atoms with Crippen molar-refractivity contribution in [2.45, 2.75) is 83.9 Å². The lowest BCUT2D eigenvalue weighted by Gasteiger charge is -2.13. The first-order valence-electron chi connectivity index (χ1n) is 9.35. The predicted octanol–water partition coefficient (Wildman–Crippen LogP) is 5.22. The zero-order valence-electron chi connectivity index (χ0n) is 15.5. The lowest BCUT2D eigenvalue weighted by Crippen LogP contribution is -2.25. The van der Waals surface area contributed by atoms with Gasteiger partial charge in [0.2, 0.25) is 0 Å². The number of aromatic nitrogens is 2. The summed E-state index contributed by atoms with van der Waals surface area (Å²) in [7, 11) is 0. The van der Waals surface area contributed by atoms with E-state index in [0.29, 0.717) is 12.8 Å². The van der Waals surface area contributed by atoms with Gasteiger partial charge >= 0.3 is 18.2 Å². The standard InChI is InChI=1S/C18H27F3N2O4/c1-2-3-4-5-6-7-8-9-10-11-12-13-22-14(16(24)25)15(17(26)27)23(13)18(19,20)21/h2-12H2,1H3,(H,24,25)(H,26,27). The molecule has 0 radical (unpaired) electrons. The van der Waals surface area contributed by atoms with Crippen LogP contribution in [0, 0.1) is 0 Å². The van der Waals surface area contributed by atoms with Gasteiger partial charge in [-0.15, -0.1) is 13.2 Å². The van der Waals surface area contributed by atoms with Crippen LogP contribution >= 0.6 is 0 Å². The Labute approximate surface area is 156 Å². The highest BCUT2D eigenvalue weighted by molar-refractivity contribution is 5.99. The number of unbranched alkanes of at least 4 members (excludes halogenated alkanes) is 9. The first-order chi connectivity index (χ1) is 12.7. The lowest BCUT2D eigenvalue weighted by molar-refractivity contribution is -0.206. The number of nitrogens with zero attached hydrogens (tertiary/aromatic N) is 2. The van der Waals surface area contributed by atoms with Gasteiger partial charge in [0.05, 0.1) is 0 Å². The van der Waals surface area contributed by atoms with Gasteiger partial charge in [-0.3, -0.25) is 0 Å². The molecule has 0 aliphatic carbocycles. The quantitative estimate of drug-likeness (QED) is 0.449. The summed E-state index contributed by atoms with van der Waals surface area (Å²) in [5.41, 5.74) is -2.43. The van der Waals surface area contributed by atoms with Gasteiger partial charge in [0.1, 0.15) is 5.82 Å². The van der Waals surface area contributed by atoms with Gasteiger partial charge in [-0.05, 0) is 6.42 Å². The maximum Gasteiger partial charge on any atom is 0.490 e. The molecule has 2 N–H and O–H groups in total. The van der Waals surface area contributed by atoms with E-state index in [-0.39, 0.29) is 6.42 Å². The molecule has 0 spiro atoms. The van der Waals surface area contributed by atoms with E-state index in [1.165, 1.54) is 25.7 Å². The van der Waals surface area contributed by atoms with Crippen molar-refractivity contribution < 1.29 is 33.0 Å². The van der Waals surface area contributed by atoms with Crippen LogP contribution in [0.4, 0.5) is 13.2 Å². The summed E-state index contributed by atoms with van der Waals surface area (Å²) >= 11 is 0. The van der Waals surface area contributed by atoms with Crippen molar-refractivity contribution in [2.75, 3.05) is 0 Å². The normalized spacial score (nSPS) is 11.7. The summed E-state index contributed by atoms with van der Waals surface area (Å²) in [6.45, 7) is 2.16. The Kier molecular flexibility index (Phi) is 9.31. The molecular formula is C18H27F3N2O4. The highest BCUT2D eigenvalue weighted by Crippen LogP contribution is 2.29. The number of carboxylic acid groups (broad SMARTS) is 2. The van der Waals surface area contributed by atoms with E-state index in [4.69, 9.17) is 10.2 Å². The number of imidazole rings is 1.